The number of nitrogens with zero attached hydrogens (tertiary/aromatic N) is 2. The molecule has 0 atom stereocenters. The van der Waals surface area contributed by atoms with Gasteiger partial charge in [-0.25, -0.2) is 0 Å². The third-order valence-electron chi connectivity index (χ3n) is 4.43. The molecule has 1 aliphatic rings. The molecule has 0 aliphatic carbocycles. The molecule has 0 N–H and O–H groups in total. The van der Waals surface area contributed by atoms with Gasteiger partial charge < -0.3 is 4.90 Å². The fraction of sp³-hybridized carbons (Fsp3) is 0.588. The Morgan fingerprint density at radius 2 is 1.77 bits per heavy atom. The molecule has 2 heterocycles. The van der Waals surface area contributed by atoms with Crippen molar-refractivity contribution >= 4 is 33.2 Å². The molecular weight excluding hydrogens is 316 g/mol. The molecule has 3 rings (SSSR count). The predicted octanol–water partition coefficient (Wildman–Crippen LogP) is 4.37. The Kier molecular flexibility index (Phi) is 5.55. The van der Waals surface area contributed by atoms with E-state index in [0.717, 1.165) is 36.1 Å². The molecule has 22 heavy (non-hydrogen) atoms. The number of thiazole rings is 1. The van der Waals surface area contributed by atoms with Crippen molar-refractivity contribution in [2.45, 2.75) is 45.1 Å². The molecule has 0 unspecified atom stereocenters. The molecular formula is C17H23ClN2OS. The summed E-state index contributed by atoms with van der Waals surface area (Å²) in [6.45, 7) is 4.46. The summed E-state index contributed by atoms with van der Waals surface area (Å²) in [6, 6.07) is 5.70. The molecule has 1 saturated heterocycles. The maximum absolute atomic E-state index is 12.1. The Morgan fingerprint density at radius 1 is 1.05 bits per heavy atom. The lowest BCUT2D eigenvalue weighted by molar-refractivity contribution is 0.277. The van der Waals surface area contributed by atoms with E-state index in [1.807, 2.05) is 22.8 Å². The number of rotatable bonds is 5. The van der Waals surface area contributed by atoms with Crippen LogP contribution in [0.15, 0.2) is 23.0 Å². The van der Waals surface area contributed by atoms with E-state index in [0.29, 0.717) is 5.02 Å². The highest BCUT2D eigenvalue weighted by Crippen LogP contribution is 2.22. The Balaban J connectivity index is 1.56. The van der Waals surface area contributed by atoms with Crippen molar-refractivity contribution in [2.75, 3.05) is 19.6 Å². The standard InChI is InChI=1S/C17H23ClN2OS/c18-14-7-8-16-15(13-14)20(17(21)22-16)12-6-5-11-19-9-3-1-2-4-10-19/h7-8,13H,1-6,9-12H2. The van der Waals surface area contributed by atoms with Gasteiger partial charge in [0.1, 0.15) is 0 Å². The van der Waals surface area contributed by atoms with Gasteiger partial charge in [-0.2, -0.15) is 0 Å². The van der Waals surface area contributed by atoms with E-state index in [1.54, 1.807) is 0 Å². The van der Waals surface area contributed by atoms with Gasteiger partial charge in [0, 0.05) is 11.6 Å². The van der Waals surface area contributed by atoms with E-state index in [-0.39, 0.29) is 4.87 Å². The van der Waals surface area contributed by atoms with Crippen LogP contribution in [0.5, 0.6) is 0 Å². The second-order valence-electron chi connectivity index (χ2n) is 6.09. The first-order valence-electron chi connectivity index (χ1n) is 8.25. The third kappa shape index (κ3) is 3.92. The van der Waals surface area contributed by atoms with Crippen molar-refractivity contribution in [1.82, 2.24) is 9.47 Å². The molecule has 1 fully saturated rings. The number of halogens is 1. The number of aromatic nitrogens is 1. The van der Waals surface area contributed by atoms with Gasteiger partial charge in [-0.15, -0.1) is 0 Å². The zero-order chi connectivity index (χ0) is 15.4. The van der Waals surface area contributed by atoms with Crippen molar-refractivity contribution < 1.29 is 0 Å². The van der Waals surface area contributed by atoms with Gasteiger partial charge >= 0.3 is 4.87 Å². The molecule has 120 valence electrons. The first-order chi connectivity index (χ1) is 10.7. The van der Waals surface area contributed by atoms with Crippen LogP contribution in [0.3, 0.4) is 0 Å². The summed E-state index contributed by atoms with van der Waals surface area (Å²) in [6.07, 6.45) is 7.65. The maximum Gasteiger partial charge on any atom is 0.308 e. The highest BCUT2D eigenvalue weighted by molar-refractivity contribution is 7.16. The van der Waals surface area contributed by atoms with Crippen molar-refractivity contribution in [1.29, 1.82) is 0 Å². The molecule has 0 bridgehead atoms. The molecule has 2 aromatic rings. The van der Waals surface area contributed by atoms with Crippen LogP contribution in [0.2, 0.25) is 5.02 Å². The summed E-state index contributed by atoms with van der Waals surface area (Å²) in [7, 11) is 0. The zero-order valence-electron chi connectivity index (χ0n) is 12.9. The number of aryl methyl sites for hydroxylation is 1. The van der Waals surface area contributed by atoms with Crippen molar-refractivity contribution in [3.8, 4) is 0 Å². The van der Waals surface area contributed by atoms with Gasteiger partial charge in [-0.1, -0.05) is 35.8 Å². The zero-order valence-corrected chi connectivity index (χ0v) is 14.5. The van der Waals surface area contributed by atoms with E-state index < -0.39 is 0 Å². The average Bonchev–Trinajstić information content (AvgIpc) is 2.69. The van der Waals surface area contributed by atoms with Crippen LogP contribution in [0.25, 0.3) is 10.2 Å². The monoisotopic (exact) mass is 338 g/mol. The fourth-order valence-electron chi connectivity index (χ4n) is 3.21. The smallest absolute Gasteiger partial charge is 0.303 e. The summed E-state index contributed by atoms with van der Waals surface area (Å²) in [4.78, 5) is 14.8. The second-order valence-corrected chi connectivity index (χ2v) is 7.52. The highest BCUT2D eigenvalue weighted by Gasteiger charge is 2.10. The molecule has 1 aromatic carbocycles. The van der Waals surface area contributed by atoms with Gasteiger partial charge in [-0.05, 0) is 63.5 Å². The largest absolute Gasteiger partial charge is 0.308 e. The first kappa shape index (κ1) is 16.0. The van der Waals surface area contributed by atoms with Crippen molar-refractivity contribution in [3.05, 3.63) is 32.9 Å². The second kappa shape index (κ2) is 7.62. The van der Waals surface area contributed by atoms with Crippen LogP contribution in [-0.2, 0) is 6.54 Å². The Bertz CT molecular complexity index is 671. The Morgan fingerprint density at radius 3 is 2.55 bits per heavy atom. The van der Waals surface area contributed by atoms with Gasteiger partial charge in [0.15, 0.2) is 0 Å². The molecule has 0 radical (unpaired) electrons. The quantitative estimate of drug-likeness (QED) is 0.756. The summed E-state index contributed by atoms with van der Waals surface area (Å²) in [5.41, 5.74) is 0.984. The Labute approximate surface area is 140 Å². The summed E-state index contributed by atoms with van der Waals surface area (Å²) >= 11 is 7.38. The van der Waals surface area contributed by atoms with E-state index in [4.69, 9.17) is 11.6 Å². The van der Waals surface area contributed by atoms with Gasteiger partial charge in [-0.3, -0.25) is 9.36 Å². The number of hydrogen-bond donors (Lipinski definition) is 0. The maximum atomic E-state index is 12.1. The van der Waals surface area contributed by atoms with Crippen molar-refractivity contribution in [2.24, 2.45) is 0 Å². The summed E-state index contributed by atoms with van der Waals surface area (Å²) in [5.74, 6) is 0. The van der Waals surface area contributed by atoms with Crippen LogP contribution in [0.1, 0.15) is 38.5 Å². The van der Waals surface area contributed by atoms with Crippen LogP contribution in [-0.4, -0.2) is 29.1 Å². The number of hydrogen-bond acceptors (Lipinski definition) is 3. The first-order valence-corrected chi connectivity index (χ1v) is 9.45. The lowest BCUT2D eigenvalue weighted by Crippen LogP contribution is -2.26. The minimum atomic E-state index is 0.132. The summed E-state index contributed by atoms with van der Waals surface area (Å²) < 4.78 is 2.91. The number of likely N-dealkylation sites (tertiary alicyclic amines) is 1. The lowest BCUT2D eigenvalue weighted by atomic mass is 10.2. The van der Waals surface area contributed by atoms with Gasteiger partial charge in [0.25, 0.3) is 0 Å². The Hall–Kier alpha value is -0.840. The average molecular weight is 339 g/mol. The minimum Gasteiger partial charge on any atom is -0.303 e. The van der Waals surface area contributed by atoms with E-state index in [2.05, 4.69) is 4.90 Å². The molecule has 3 nitrogen and oxygen atoms in total. The van der Waals surface area contributed by atoms with E-state index >= 15 is 0 Å². The van der Waals surface area contributed by atoms with Crippen molar-refractivity contribution in [3.63, 3.8) is 0 Å². The minimum absolute atomic E-state index is 0.132. The van der Waals surface area contributed by atoms with Gasteiger partial charge in [0.2, 0.25) is 0 Å². The lowest BCUT2D eigenvalue weighted by Gasteiger charge is -2.19. The number of fused-ring (bicyclic) bond motifs is 1. The van der Waals surface area contributed by atoms with Crippen LogP contribution in [0.4, 0.5) is 0 Å². The normalized spacial score (nSPS) is 17.0. The van der Waals surface area contributed by atoms with Crippen LogP contribution >= 0.6 is 22.9 Å². The van der Waals surface area contributed by atoms with Crippen LogP contribution in [0, 0.1) is 0 Å². The summed E-state index contributed by atoms with van der Waals surface area (Å²) in [5, 5.41) is 0.698. The molecule has 5 heteroatoms. The molecule has 0 amide bonds. The van der Waals surface area contributed by atoms with E-state index in [1.165, 1.54) is 50.1 Å². The highest BCUT2D eigenvalue weighted by atomic mass is 35.5. The SMILES string of the molecule is O=c1sc2ccc(Cl)cc2n1CCCCN1CCCCCC1. The molecule has 1 aliphatic heterocycles. The predicted molar refractivity (Wildman–Crippen MR) is 95.2 cm³/mol. The number of benzene rings is 1. The molecule has 0 saturated carbocycles. The van der Waals surface area contributed by atoms with Gasteiger partial charge in [0.05, 0.1) is 10.2 Å². The molecule has 0 spiro atoms. The van der Waals surface area contributed by atoms with E-state index in [9.17, 15) is 4.79 Å². The third-order valence-corrected chi connectivity index (χ3v) is 5.63. The molecule has 1 aromatic heterocycles. The van der Waals surface area contributed by atoms with Crippen LogP contribution < -0.4 is 4.87 Å². The number of unbranched alkanes of at least 4 members (excludes halogenated alkanes) is 1. The fourth-order valence-corrected chi connectivity index (χ4v) is 4.28. The topological polar surface area (TPSA) is 25.2 Å².